The highest BCUT2D eigenvalue weighted by molar-refractivity contribution is 7.10. The number of hydrogen-bond donors (Lipinski definition) is 3. The van der Waals surface area contributed by atoms with Crippen molar-refractivity contribution in [1.29, 1.82) is 0 Å². The molecule has 0 aliphatic carbocycles. The van der Waals surface area contributed by atoms with Crippen LogP contribution < -0.4 is 10.6 Å². The lowest BCUT2D eigenvalue weighted by molar-refractivity contribution is -0.133. The number of carboxylic acids is 1. The molecule has 0 spiro atoms. The molecule has 0 bridgehead atoms. The normalized spacial score (nSPS) is 13.2. The summed E-state index contributed by atoms with van der Waals surface area (Å²) in [5.74, 6) is -1.58. The lowest BCUT2D eigenvalue weighted by Gasteiger charge is -2.32. The fourth-order valence-electron chi connectivity index (χ4n) is 2.47. The summed E-state index contributed by atoms with van der Waals surface area (Å²) < 4.78 is 0. The van der Waals surface area contributed by atoms with E-state index in [-0.39, 0.29) is 30.5 Å². The first-order chi connectivity index (χ1) is 12.1. The van der Waals surface area contributed by atoms with E-state index in [1.165, 1.54) is 17.9 Å². The van der Waals surface area contributed by atoms with Gasteiger partial charge >= 0.3 is 5.97 Å². The third-order valence-electron chi connectivity index (χ3n) is 4.28. The van der Waals surface area contributed by atoms with E-state index < -0.39 is 17.4 Å². The molecular formula is C18H27N3O4S. The smallest absolute Gasteiger partial charge is 0.331 e. The monoisotopic (exact) mass is 381 g/mol. The molecule has 1 rings (SSSR count). The van der Waals surface area contributed by atoms with E-state index >= 15 is 0 Å². The second kappa shape index (κ2) is 9.49. The number of likely N-dealkylation sites (N-methyl/N-ethyl adjacent to an activating group) is 2. The second-order valence-corrected chi connectivity index (χ2v) is 7.55. The third kappa shape index (κ3) is 5.67. The van der Waals surface area contributed by atoms with E-state index in [0.717, 1.165) is 4.88 Å². The molecule has 144 valence electrons. The first kappa shape index (κ1) is 21.9. The van der Waals surface area contributed by atoms with Gasteiger partial charge in [0.15, 0.2) is 0 Å². The number of hydrogen-bond acceptors (Lipinski definition) is 5. The van der Waals surface area contributed by atoms with Crippen LogP contribution >= 0.6 is 11.3 Å². The summed E-state index contributed by atoms with van der Waals surface area (Å²) in [6.07, 6.45) is 1.46. The van der Waals surface area contributed by atoms with Crippen LogP contribution in [0.3, 0.4) is 0 Å². The molecule has 2 amide bonds. The lowest BCUT2D eigenvalue weighted by atomic mass is 9.82. The fraction of sp³-hybridized carbons (Fsp3) is 0.500. The first-order valence-electron chi connectivity index (χ1n) is 8.24. The SMILES string of the molecule is CNC(C(=O)NCC(=O)N(C)C/C=C(\C)C(=O)O)C(C)(C)c1cccs1. The number of amides is 2. The molecule has 0 aromatic carbocycles. The van der Waals surface area contributed by atoms with E-state index in [9.17, 15) is 14.4 Å². The van der Waals surface area contributed by atoms with Crippen LogP contribution in [-0.2, 0) is 19.8 Å². The molecule has 0 aliphatic rings. The van der Waals surface area contributed by atoms with Crippen molar-refractivity contribution < 1.29 is 19.5 Å². The Labute approximate surface area is 158 Å². The van der Waals surface area contributed by atoms with E-state index in [4.69, 9.17) is 5.11 Å². The minimum atomic E-state index is -1.02. The Morgan fingerprint density at radius 2 is 2.04 bits per heavy atom. The van der Waals surface area contributed by atoms with Crippen LogP contribution in [0.4, 0.5) is 0 Å². The summed E-state index contributed by atoms with van der Waals surface area (Å²) in [7, 11) is 3.28. The van der Waals surface area contributed by atoms with Crippen LogP contribution in [0.25, 0.3) is 0 Å². The molecule has 1 aromatic heterocycles. The molecule has 1 unspecified atom stereocenters. The summed E-state index contributed by atoms with van der Waals surface area (Å²) in [5.41, 5.74) is -0.259. The van der Waals surface area contributed by atoms with Gasteiger partial charge in [0.25, 0.3) is 0 Å². The highest BCUT2D eigenvalue weighted by Gasteiger charge is 2.36. The van der Waals surface area contributed by atoms with Crippen molar-refractivity contribution in [3.8, 4) is 0 Å². The molecule has 0 fully saturated rings. The maximum absolute atomic E-state index is 12.6. The lowest BCUT2D eigenvalue weighted by Crippen LogP contribution is -2.54. The van der Waals surface area contributed by atoms with Crippen molar-refractivity contribution in [2.45, 2.75) is 32.2 Å². The number of aliphatic carboxylic acids is 1. The fourth-order valence-corrected chi connectivity index (χ4v) is 3.35. The molecule has 0 radical (unpaired) electrons. The third-order valence-corrected chi connectivity index (χ3v) is 5.49. The molecule has 8 heteroatoms. The van der Waals surface area contributed by atoms with E-state index in [1.54, 1.807) is 25.4 Å². The van der Waals surface area contributed by atoms with Crippen molar-refractivity contribution in [3.05, 3.63) is 34.0 Å². The molecule has 0 saturated carbocycles. The van der Waals surface area contributed by atoms with Crippen LogP contribution in [0.15, 0.2) is 29.2 Å². The average molecular weight is 381 g/mol. The molecule has 0 saturated heterocycles. The molecule has 7 nitrogen and oxygen atoms in total. The summed E-state index contributed by atoms with van der Waals surface area (Å²) in [4.78, 5) is 37.9. The van der Waals surface area contributed by atoms with Crippen LogP contribution in [0, 0.1) is 0 Å². The van der Waals surface area contributed by atoms with E-state index in [1.807, 2.05) is 31.4 Å². The van der Waals surface area contributed by atoms with Gasteiger partial charge < -0.3 is 20.6 Å². The Balaban J connectivity index is 2.64. The van der Waals surface area contributed by atoms with Crippen molar-refractivity contribution in [2.24, 2.45) is 0 Å². The van der Waals surface area contributed by atoms with Gasteiger partial charge in [-0.25, -0.2) is 4.79 Å². The highest BCUT2D eigenvalue weighted by atomic mass is 32.1. The van der Waals surface area contributed by atoms with Crippen LogP contribution in [0.1, 0.15) is 25.6 Å². The van der Waals surface area contributed by atoms with Gasteiger partial charge in [0.05, 0.1) is 12.6 Å². The standard InChI is InChI=1S/C18H27N3O4S/c1-12(17(24)25)8-9-21(5)14(22)11-20-16(23)15(19-4)18(2,3)13-7-6-10-26-13/h6-8,10,15,19H,9,11H2,1-5H3,(H,20,23)(H,24,25)/b12-8+. The Morgan fingerprint density at radius 3 is 2.54 bits per heavy atom. The topological polar surface area (TPSA) is 98.7 Å². The number of rotatable bonds is 9. The number of carboxylic acid groups (broad SMARTS) is 1. The second-order valence-electron chi connectivity index (χ2n) is 6.61. The predicted molar refractivity (Wildman–Crippen MR) is 102 cm³/mol. The Morgan fingerprint density at radius 1 is 1.38 bits per heavy atom. The van der Waals surface area contributed by atoms with Gasteiger partial charge in [-0.05, 0) is 25.4 Å². The Kier molecular flexibility index (Phi) is 7.98. The maximum atomic E-state index is 12.6. The summed E-state index contributed by atoms with van der Waals surface area (Å²) in [5, 5.41) is 16.5. The predicted octanol–water partition coefficient (Wildman–Crippen LogP) is 1.22. The molecule has 26 heavy (non-hydrogen) atoms. The highest BCUT2D eigenvalue weighted by Crippen LogP contribution is 2.30. The van der Waals surface area contributed by atoms with Crippen molar-refractivity contribution in [2.75, 3.05) is 27.2 Å². The zero-order valence-electron chi connectivity index (χ0n) is 15.8. The van der Waals surface area contributed by atoms with Gasteiger partial charge in [-0.15, -0.1) is 11.3 Å². The van der Waals surface area contributed by atoms with Crippen molar-refractivity contribution >= 4 is 29.1 Å². The number of nitrogens with one attached hydrogen (secondary N) is 2. The number of thiophene rings is 1. The van der Waals surface area contributed by atoms with Gasteiger partial charge in [0.1, 0.15) is 0 Å². The number of carbonyl (C=O) groups excluding carboxylic acids is 2. The summed E-state index contributed by atoms with van der Waals surface area (Å²) >= 11 is 1.58. The van der Waals surface area contributed by atoms with Gasteiger partial charge in [0, 0.05) is 29.5 Å². The van der Waals surface area contributed by atoms with Crippen LogP contribution in [0.5, 0.6) is 0 Å². The Bertz CT molecular complexity index is 668. The van der Waals surface area contributed by atoms with Gasteiger partial charge in [-0.3, -0.25) is 9.59 Å². The van der Waals surface area contributed by atoms with Crippen LogP contribution in [0.2, 0.25) is 0 Å². The molecule has 1 aromatic rings. The first-order valence-corrected chi connectivity index (χ1v) is 9.12. The van der Waals surface area contributed by atoms with Crippen molar-refractivity contribution in [3.63, 3.8) is 0 Å². The average Bonchev–Trinajstić information content (AvgIpc) is 3.12. The number of nitrogens with zero attached hydrogens (tertiary/aromatic N) is 1. The molecule has 1 heterocycles. The quantitative estimate of drug-likeness (QED) is 0.559. The zero-order chi connectivity index (χ0) is 19.9. The summed E-state index contributed by atoms with van der Waals surface area (Å²) in [6.45, 7) is 5.45. The molecule has 3 N–H and O–H groups in total. The zero-order valence-corrected chi connectivity index (χ0v) is 16.6. The number of carbonyl (C=O) groups is 3. The molecular weight excluding hydrogens is 354 g/mol. The Hall–Kier alpha value is -2.19. The largest absolute Gasteiger partial charge is 0.478 e. The van der Waals surface area contributed by atoms with Crippen molar-refractivity contribution in [1.82, 2.24) is 15.5 Å². The van der Waals surface area contributed by atoms with Gasteiger partial charge in [-0.2, -0.15) is 0 Å². The minimum Gasteiger partial charge on any atom is -0.478 e. The van der Waals surface area contributed by atoms with Crippen LogP contribution in [-0.4, -0.2) is 61.0 Å². The van der Waals surface area contributed by atoms with Gasteiger partial charge in [-0.1, -0.05) is 26.0 Å². The van der Waals surface area contributed by atoms with Gasteiger partial charge in [0.2, 0.25) is 11.8 Å². The molecule has 0 aliphatic heterocycles. The van der Waals surface area contributed by atoms with E-state index in [2.05, 4.69) is 10.6 Å². The van der Waals surface area contributed by atoms with E-state index in [0.29, 0.717) is 0 Å². The molecule has 1 atom stereocenters. The maximum Gasteiger partial charge on any atom is 0.331 e. The summed E-state index contributed by atoms with van der Waals surface area (Å²) in [6, 6.07) is 3.43. The minimum absolute atomic E-state index is 0.145.